The minimum absolute atomic E-state index is 0.241. The first-order valence-corrected chi connectivity index (χ1v) is 22.8. The Hall–Kier alpha value is -7.96. The van der Waals surface area contributed by atoms with E-state index >= 15 is 0 Å². The van der Waals surface area contributed by atoms with E-state index in [1.807, 2.05) is 0 Å². The van der Waals surface area contributed by atoms with E-state index in [4.69, 9.17) is 4.98 Å². The maximum atomic E-state index is 5.97. The van der Waals surface area contributed by atoms with Crippen LogP contribution in [0, 0.1) is 20.2 Å². The molecular weight excluding hydrogens is 802 g/mol. The van der Waals surface area contributed by atoms with Crippen molar-refractivity contribution in [1.29, 1.82) is 0 Å². The van der Waals surface area contributed by atoms with Gasteiger partial charge < -0.3 is 13.9 Å². The number of nitrogens with zero attached hydrogens (tertiary/aromatic N) is 5. The maximum Gasteiger partial charge on any atom is 0.525 e. The summed E-state index contributed by atoms with van der Waals surface area (Å²) in [6.07, 6.45) is 3.99. The third-order valence-electron chi connectivity index (χ3n) is 13.1. The highest BCUT2D eigenvalue weighted by molar-refractivity contribution is 6.72. The van der Waals surface area contributed by atoms with Crippen molar-refractivity contribution < 1.29 is 4.48 Å². The topological polar surface area (TPSA) is 29.9 Å². The average molecular weight is 852 g/mol. The highest BCUT2D eigenvalue weighted by Gasteiger charge is 2.42. The van der Waals surface area contributed by atoms with Crippen molar-refractivity contribution in [2.45, 2.75) is 40.0 Å². The van der Waals surface area contributed by atoms with Crippen molar-refractivity contribution in [2.75, 3.05) is 4.81 Å². The Bertz CT molecular complexity index is 3420. The van der Waals surface area contributed by atoms with Gasteiger partial charge in [0.15, 0.2) is 0 Å². The number of aromatic nitrogens is 4. The van der Waals surface area contributed by atoms with Gasteiger partial charge in [0.1, 0.15) is 11.6 Å². The molecular formula is C60H50BN5. The summed E-state index contributed by atoms with van der Waals surface area (Å²) in [5, 5.41) is 2.39. The molecule has 0 unspecified atom stereocenters. The summed E-state index contributed by atoms with van der Waals surface area (Å²) in [6.45, 7) is 10.9. The summed E-state index contributed by atoms with van der Waals surface area (Å²) in [5.41, 5.74) is 15.3. The second-order valence-corrected chi connectivity index (χ2v) is 18.3. The van der Waals surface area contributed by atoms with E-state index in [1.165, 1.54) is 32.9 Å². The van der Waals surface area contributed by atoms with E-state index in [2.05, 4.69) is 272 Å². The molecule has 0 fully saturated rings. The number of rotatable bonds is 9. The van der Waals surface area contributed by atoms with Crippen LogP contribution in [0.25, 0.3) is 66.6 Å². The quantitative estimate of drug-likeness (QED) is 0.107. The van der Waals surface area contributed by atoms with Gasteiger partial charge in [-0.3, -0.25) is 4.57 Å². The molecule has 3 heterocycles. The number of hydrogen-bond donors (Lipinski definition) is 0. The van der Waals surface area contributed by atoms with Crippen LogP contribution in [-0.4, -0.2) is 21.1 Å². The van der Waals surface area contributed by atoms with Gasteiger partial charge in [0.25, 0.3) is 0 Å². The number of aryl methyl sites for hydroxylation is 2. The van der Waals surface area contributed by atoms with Crippen LogP contribution in [0.5, 0.6) is 0 Å². The molecule has 11 aromatic rings. The summed E-state index contributed by atoms with van der Waals surface area (Å²) in [6, 6.07) is 76.4. The van der Waals surface area contributed by atoms with Crippen molar-refractivity contribution in [2.24, 2.45) is 0 Å². The molecule has 0 spiro atoms. The molecule has 0 N–H and O–H groups in total. The van der Waals surface area contributed by atoms with Crippen LogP contribution in [-0.2, 0) is 5.41 Å². The molecule has 5 nitrogen and oxygen atoms in total. The van der Waals surface area contributed by atoms with Crippen molar-refractivity contribution >= 4 is 56.8 Å². The Labute approximate surface area is 387 Å². The van der Waals surface area contributed by atoms with Crippen molar-refractivity contribution in [3.63, 3.8) is 0 Å². The Morgan fingerprint density at radius 3 is 1.61 bits per heavy atom. The lowest BCUT2D eigenvalue weighted by Gasteiger charge is -2.35. The van der Waals surface area contributed by atoms with Crippen molar-refractivity contribution in [1.82, 2.24) is 14.1 Å². The third-order valence-corrected chi connectivity index (χ3v) is 13.1. The van der Waals surface area contributed by atoms with Crippen LogP contribution in [0.1, 0.15) is 37.5 Å². The van der Waals surface area contributed by atoms with E-state index < -0.39 is 6.98 Å². The van der Waals surface area contributed by atoms with E-state index in [0.29, 0.717) is 0 Å². The van der Waals surface area contributed by atoms with Gasteiger partial charge in [-0.1, -0.05) is 209 Å². The molecule has 6 heteroatoms. The SMILES string of the molecule is Cc1cccc(C)c1B(N(c1cc(C(C)(C)C)cc(-n2c3ccccc3c3ccccc32)n1)c1c(-c2ccccc2)cccc1-c1ccccc1)[n+]1[c-]n(-c2ccccc2)c2ccccc21. The molecule has 3 aromatic heterocycles. The Balaban J connectivity index is 1.34. The van der Waals surface area contributed by atoms with E-state index in [-0.39, 0.29) is 5.41 Å². The minimum atomic E-state index is -0.484. The molecule has 0 amide bonds. The van der Waals surface area contributed by atoms with E-state index in [1.54, 1.807) is 0 Å². The van der Waals surface area contributed by atoms with Gasteiger partial charge in [-0.2, -0.15) is 0 Å². The van der Waals surface area contributed by atoms with Gasteiger partial charge in [-0.25, -0.2) is 4.98 Å². The molecule has 0 aliphatic heterocycles. The molecule has 0 aliphatic rings. The molecule has 11 rings (SSSR count). The lowest BCUT2D eigenvalue weighted by molar-refractivity contribution is -0.511. The Kier molecular flexibility index (Phi) is 10.2. The predicted molar refractivity (Wildman–Crippen MR) is 276 cm³/mol. The first kappa shape index (κ1) is 40.8. The first-order valence-electron chi connectivity index (χ1n) is 22.8. The lowest BCUT2D eigenvalue weighted by atomic mass is 9.60. The van der Waals surface area contributed by atoms with Gasteiger partial charge in [0.2, 0.25) is 6.33 Å². The Morgan fingerprint density at radius 2 is 1.03 bits per heavy atom. The first-order chi connectivity index (χ1) is 32.2. The zero-order valence-corrected chi connectivity index (χ0v) is 38.0. The van der Waals surface area contributed by atoms with E-state index in [0.717, 1.165) is 67.3 Å². The summed E-state index contributed by atoms with van der Waals surface area (Å²) >= 11 is 0. The van der Waals surface area contributed by atoms with Crippen LogP contribution >= 0.6 is 0 Å². The third kappa shape index (κ3) is 7.06. The monoisotopic (exact) mass is 851 g/mol. The van der Waals surface area contributed by atoms with Gasteiger partial charge >= 0.3 is 6.98 Å². The molecule has 8 aromatic carbocycles. The van der Waals surface area contributed by atoms with Crippen molar-refractivity contribution in [3.8, 4) is 33.8 Å². The molecule has 0 saturated carbocycles. The summed E-state index contributed by atoms with van der Waals surface area (Å²) < 4.78 is 6.93. The van der Waals surface area contributed by atoms with Crippen LogP contribution < -0.4 is 14.8 Å². The largest absolute Gasteiger partial charge is 0.525 e. The second kappa shape index (κ2) is 16.6. The number of pyridine rings is 1. The second-order valence-electron chi connectivity index (χ2n) is 18.3. The number of imidazole rings is 1. The molecule has 318 valence electrons. The van der Waals surface area contributed by atoms with Gasteiger partial charge in [-0.15, -0.1) is 0 Å². The number of anilines is 2. The lowest BCUT2D eigenvalue weighted by Crippen LogP contribution is -2.68. The maximum absolute atomic E-state index is 5.97. The molecule has 0 radical (unpaired) electrons. The number of benzene rings is 8. The average Bonchev–Trinajstić information content (AvgIpc) is 3.90. The normalized spacial score (nSPS) is 11.7. The van der Waals surface area contributed by atoms with Crippen molar-refractivity contribution in [3.05, 3.63) is 235 Å². The fourth-order valence-electron chi connectivity index (χ4n) is 9.85. The zero-order chi connectivity index (χ0) is 44.9. The van der Waals surface area contributed by atoms with Crippen LogP contribution in [0.3, 0.4) is 0 Å². The molecule has 0 saturated heterocycles. The number of para-hydroxylation sites is 6. The smallest absolute Gasteiger partial charge is 0.355 e. The fourth-order valence-corrected chi connectivity index (χ4v) is 9.85. The van der Waals surface area contributed by atoms with Crippen LogP contribution in [0.4, 0.5) is 11.5 Å². The molecule has 0 bridgehead atoms. The standard InChI is InChI=1S/C60H50BN5/c1-42-23-21-24-43(2)58(42)61(64-41-63(47-29-13-8-14-30-47)54-37-19-20-38-55(54)64)66(59-48(44-25-9-6-10-26-44)33-22-34-49(59)45-27-11-7-12-28-45)57-40-46(60(3,4)5)39-56(62-57)65-52-35-17-15-31-50(52)51-32-16-18-36-53(51)65/h6-40H,1-5H3. The molecule has 66 heavy (non-hydrogen) atoms. The zero-order valence-electron chi connectivity index (χ0n) is 38.0. The Morgan fingerprint density at radius 1 is 0.530 bits per heavy atom. The highest BCUT2D eigenvalue weighted by Crippen LogP contribution is 2.44. The van der Waals surface area contributed by atoms with E-state index in [9.17, 15) is 0 Å². The summed E-state index contributed by atoms with van der Waals surface area (Å²) in [4.78, 5) is 8.50. The highest BCUT2D eigenvalue weighted by atomic mass is 15.3. The predicted octanol–water partition coefficient (Wildman–Crippen LogP) is 13.5. The van der Waals surface area contributed by atoms with Gasteiger partial charge in [-0.05, 0) is 71.3 Å². The minimum Gasteiger partial charge on any atom is -0.355 e. The number of fused-ring (bicyclic) bond motifs is 4. The van der Waals surface area contributed by atoms with Crippen LogP contribution in [0.15, 0.2) is 212 Å². The van der Waals surface area contributed by atoms with Gasteiger partial charge in [0, 0.05) is 38.6 Å². The van der Waals surface area contributed by atoms with Gasteiger partial charge in [0.05, 0.1) is 22.2 Å². The summed E-state index contributed by atoms with van der Waals surface area (Å²) in [7, 11) is 0. The molecule has 0 atom stereocenters. The fraction of sp³-hybridized carbons (Fsp3) is 0.100. The molecule has 0 aliphatic carbocycles. The summed E-state index contributed by atoms with van der Waals surface area (Å²) in [5.74, 6) is 1.68. The number of hydrogen-bond acceptors (Lipinski definition) is 2. The van der Waals surface area contributed by atoms with Crippen LogP contribution in [0.2, 0.25) is 0 Å².